The number of rotatable bonds is 6. The molecule has 2 aromatic heterocycles. The molecule has 0 aliphatic carbocycles. The highest BCUT2D eigenvalue weighted by atomic mass is 32.2. The molecular formula is C17H18N4OS. The molecule has 0 fully saturated rings. The highest BCUT2D eigenvalue weighted by molar-refractivity contribution is 7.98. The number of imidazole rings is 1. The van der Waals surface area contributed by atoms with E-state index < -0.39 is 0 Å². The minimum Gasteiger partial charge on any atom is -0.351 e. The summed E-state index contributed by atoms with van der Waals surface area (Å²) in [4.78, 5) is 20.9. The molecule has 23 heavy (non-hydrogen) atoms. The second-order valence-corrected chi connectivity index (χ2v) is 6.16. The van der Waals surface area contributed by atoms with Crippen molar-refractivity contribution in [1.29, 1.82) is 0 Å². The number of benzene rings is 1. The van der Waals surface area contributed by atoms with Gasteiger partial charge in [0.15, 0.2) is 5.65 Å². The third-order valence-corrected chi connectivity index (χ3v) is 4.12. The van der Waals surface area contributed by atoms with Crippen molar-refractivity contribution in [3.63, 3.8) is 0 Å². The van der Waals surface area contributed by atoms with Crippen molar-refractivity contribution in [3.05, 3.63) is 60.0 Å². The van der Waals surface area contributed by atoms with E-state index in [0.29, 0.717) is 18.7 Å². The standard InChI is InChI=1S/C17H18N4OS/c1-23-8-7-18-17(22)14-9-15-16(19-10-14)21(12-20-15)11-13-5-3-2-4-6-13/h2-6,9-10,12H,7-8,11H2,1H3,(H,18,22). The Morgan fingerprint density at radius 3 is 2.87 bits per heavy atom. The summed E-state index contributed by atoms with van der Waals surface area (Å²) in [6.07, 6.45) is 5.39. The lowest BCUT2D eigenvalue weighted by atomic mass is 10.2. The van der Waals surface area contributed by atoms with Crippen LogP contribution in [0.5, 0.6) is 0 Å². The van der Waals surface area contributed by atoms with Crippen LogP contribution in [0.2, 0.25) is 0 Å². The molecule has 0 spiro atoms. The van der Waals surface area contributed by atoms with Gasteiger partial charge in [-0.15, -0.1) is 0 Å². The number of aromatic nitrogens is 3. The summed E-state index contributed by atoms with van der Waals surface area (Å²) >= 11 is 1.70. The highest BCUT2D eigenvalue weighted by Crippen LogP contribution is 2.14. The first-order chi connectivity index (χ1) is 11.3. The normalized spacial score (nSPS) is 10.8. The van der Waals surface area contributed by atoms with Gasteiger partial charge in [-0.2, -0.15) is 11.8 Å². The van der Waals surface area contributed by atoms with Gasteiger partial charge >= 0.3 is 0 Å². The van der Waals surface area contributed by atoms with Gasteiger partial charge in [0.05, 0.1) is 18.4 Å². The number of pyridine rings is 1. The molecular weight excluding hydrogens is 308 g/mol. The minimum absolute atomic E-state index is 0.106. The molecule has 0 atom stereocenters. The SMILES string of the molecule is CSCCNC(=O)c1cnc2c(c1)ncn2Cc1ccccc1. The molecule has 0 radical (unpaired) electrons. The van der Waals surface area contributed by atoms with Crippen molar-refractivity contribution in [1.82, 2.24) is 19.9 Å². The molecule has 1 N–H and O–H groups in total. The van der Waals surface area contributed by atoms with E-state index in [9.17, 15) is 4.79 Å². The lowest BCUT2D eigenvalue weighted by molar-refractivity contribution is 0.0956. The maximum Gasteiger partial charge on any atom is 0.252 e. The highest BCUT2D eigenvalue weighted by Gasteiger charge is 2.10. The van der Waals surface area contributed by atoms with Crippen LogP contribution < -0.4 is 5.32 Å². The molecule has 0 aliphatic rings. The van der Waals surface area contributed by atoms with E-state index in [2.05, 4.69) is 27.4 Å². The number of hydrogen-bond acceptors (Lipinski definition) is 4. The van der Waals surface area contributed by atoms with E-state index in [1.54, 1.807) is 30.4 Å². The van der Waals surface area contributed by atoms with Gasteiger partial charge in [-0.05, 0) is 17.9 Å². The molecule has 0 bridgehead atoms. The molecule has 0 aliphatic heterocycles. The Morgan fingerprint density at radius 2 is 2.09 bits per heavy atom. The van der Waals surface area contributed by atoms with E-state index in [1.807, 2.05) is 29.0 Å². The zero-order chi connectivity index (χ0) is 16.1. The molecule has 0 unspecified atom stereocenters. The molecule has 1 amide bonds. The fraction of sp³-hybridized carbons (Fsp3) is 0.235. The fourth-order valence-corrected chi connectivity index (χ4v) is 2.64. The Hall–Kier alpha value is -2.34. The lowest BCUT2D eigenvalue weighted by Crippen LogP contribution is -2.25. The number of fused-ring (bicyclic) bond motifs is 1. The predicted octanol–water partition coefficient (Wildman–Crippen LogP) is 2.57. The maximum absolute atomic E-state index is 12.1. The van der Waals surface area contributed by atoms with Crippen molar-refractivity contribution in [2.24, 2.45) is 0 Å². The van der Waals surface area contributed by atoms with E-state index in [0.717, 1.165) is 16.9 Å². The third kappa shape index (κ3) is 3.71. The monoisotopic (exact) mass is 326 g/mol. The number of nitrogens with one attached hydrogen (secondary N) is 1. The molecule has 1 aromatic carbocycles. The van der Waals surface area contributed by atoms with Crippen LogP contribution in [0.25, 0.3) is 11.2 Å². The number of amides is 1. The number of carbonyl (C=O) groups is 1. The van der Waals surface area contributed by atoms with Crippen LogP contribution in [-0.4, -0.2) is 39.0 Å². The summed E-state index contributed by atoms with van der Waals surface area (Å²) in [5.74, 6) is 0.790. The molecule has 5 nitrogen and oxygen atoms in total. The summed E-state index contributed by atoms with van der Waals surface area (Å²) in [7, 11) is 0. The first kappa shape index (κ1) is 15.6. The first-order valence-corrected chi connectivity index (χ1v) is 8.79. The molecule has 3 rings (SSSR count). The molecule has 2 heterocycles. The van der Waals surface area contributed by atoms with Crippen molar-refractivity contribution in [2.75, 3.05) is 18.6 Å². The predicted molar refractivity (Wildman–Crippen MR) is 93.8 cm³/mol. The third-order valence-electron chi connectivity index (χ3n) is 3.51. The Bertz CT molecular complexity index is 801. The van der Waals surface area contributed by atoms with Gasteiger partial charge in [0.1, 0.15) is 5.52 Å². The summed E-state index contributed by atoms with van der Waals surface area (Å²) in [5, 5.41) is 2.88. The lowest BCUT2D eigenvalue weighted by Gasteiger charge is -2.05. The zero-order valence-corrected chi connectivity index (χ0v) is 13.7. The van der Waals surface area contributed by atoms with Gasteiger partial charge in [-0.3, -0.25) is 4.79 Å². The van der Waals surface area contributed by atoms with Gasteiger partial charge < -0.3 is 9.88 Å². The van der Waals surface area contributed by atoms with Crippen molar-refractivity contribution >= 4 is 28.8 Å². The molecule has 118 valence electrons. The minimum atomic E-state index is -0.106. The van der Waals surface area contributed by atoms with Crippen LogP contribution in [0.1, 0.15) is 15.9 Å². The maximum atomic E-state index is 12.1. The molecule has 6 heteroatoms. The first-order valence-electron chi connectivity index (χ1n) is 7.40. The van der Waals surface area contributed by atoms with Gasteiger partial charge in [0.25, 0.3) is 5.91 Å². The van der Waals surface area contributed by atoms with Gasteiger partial charge in [-0.1, -0.05) is 30.3 Å². The number of carbonyl (C=O) groups excluding carboxylic acids is 1. The zero-order valence-electron chi connectivity index (χ0n) is 12.9. The van der Waals surface area contributed by atoms with Crippen LogP contribution >= 0.6 is 11.8 Å². The second kappa shape index (κ2) is 7.28. The fourth-order valence-electron chi connectivity index (χ4n) is 2.34. The van der Waals surface area contributed by atoms with Crippen molar-refractivity contribution in [2.45, 2.75) is 6.54 Å². The van der Waals surface area contributed by atoms with Crippen LogP contribution in [0.4, 0.5) is 0 Å². The van der Waals surface area contributed by atoms with Crippen molar-refractivity contribution < 1.29 is 4.79 Å². The Labute approximate surface area is 139 Å². The molecule has 0 saturated carbocycles. The molecule has 0 saturated heterocycles. The average Bonchev–Trinajstić information content (AvgIpc) is 2.98. The summed E-state index contributed by atoms with van der Waals surface area (Å²) < 4.78 is 1.99. The summed E-state index contributed by atoms with van der Waals surface area (Å²) in [6, 6.07) is 11.9. The number of hydrogen-bond donors (Lipinski definition) is 1. The smallest absolute Gasteiger partial charge is 0.252 e. The quantitative estimate of drug-likeness (QED) is 0.707. The average molecular weight is 326 g/mol. The van der Waals surface area contributed by atoms with Gasteiger partial charge in [0, 0.05) is 18.5 Å². The van der Waals surface area contributed by atoms with Gasteiger partial charge in [0.2, 0.25) is 0 Å². The Kier molecular flexibility index (Phi) is 4.92. The van der Waals surface area contributed by atoms with Crippen LogP contribution in [0, 0.1) is 0 Å². The van der Waals surface area contributed by atoms with Gasteiger partial charge in [-0.25, -0.2) is 9.97 Å². The van der Waals surface area contributed by atoms with Crippen LogP contribution in [0.15, 0.2) is 48.9 Å². The second-order valence-electron chi connectivity index (χ2n) is 5.17. The largest absolute Gasteiger partial charge is 0.351 e. The van der Waals surface area contributed by atoms with E-state index >= 15 is 0 Å². The van der Waals surface area contributed by atoms with Crippen LogP contribution in [-0.2, 0) is 6.54 Å². The van der Waals surface area contributed by atoms with E-state index in [1.165, 1.54) is 5.56 Å². The number of nitrogens with zero attached hydrogens (tertiary/aromatic N) is 3. The summed E-state index contributed by atoms with van der Waals surface area (Å²) in [6.45, 7) is 1.37. The number of thioether (sulfide) groups is 1. The topological polar surface area (TPSA) is 59.8 Å². The van der Waals surface area contributed by atoms with E-state index in [4.69, 9.17) is 0 Å². The molecule has 3 aromatic rings. The van der Waals surface area contributed by atoms with Crippen LogP contribution in [0.3, 0.4) is 0 Å². The van der Waals surface area contributed by atoms with Crippen molar-refractivity contribution in [3.8, 4) is 0 Å². The van der Waals surface area contributed by atoms with E-state index in [-0.39, 0.29) is 5.91 Å². The Morgan fingerprint density at radius 1 is 1.26 bits per heavy atom. The summed E-state index contributed by atoms with van der Waals surface area (Å²) in [5.41, 5.74) is 3.25. The Balaban J connectivity index is 1.78.